The van der Waals surface area contributed by atoms with Gasteiger partial charge in [0.05, 0.1) is 23.6 Å². The van der Waals surface area contributed by atoms with E-state index in [-0.39, 0.29) is 12.6 Å². The molecule has 8 nitrogen and oxygen atoms in total. The molecular weight excluding hydrogens is 290 g/mol. The largest absolute Gasteiger partial charge is 0.750 e. The van der Waals surface area contributed by atoms with Gasteiger partial charge >= 0.3 is 5.97 Å². The fourth-order valence-electron chi connectivity index (χ4n) is 2.34. The quantitative estimate of drug-likeness (QED) is 0.378. The minimum absolute atomic E-state index is 0.247. The molecule has 0 aromatic heterocycles. The van der Waals surface area contributed by atoms with Gasteiger partial charge in [0.2, 0.25) is 5.91 Å². The minimum atomic E-state index is -2.58. The average molecular weight is 304 g/mol. The van der Waals surface area contributed by atoms with Crippen LogP contribution >= 0.6 is 0 Å². The van der Waals surface area contributed by atoms with Crippen molar-refractivity contribution in [2.24, 2.45) is 0 Å². The lowest BCUT2D eigenvalue weighted by atomic mass is 9.95. The van der Waals surface area contributed by atoms with Gasteiger partial charge in [-0.15, -0.1) is 0 Å². The van der Waals surface area contributed by atoms with Crippen molar-refractivity contribution in [1.29, 1.82) is 0 Å². The first-order valence-electron chi connectivity index (χ1n) is 6.01. The van der Waals surface area contributed by atoms with Crippen LogP contribution in [0.4, 0.5) is 0 Å². The molecule has 0 saturated carbocycles. The van der Waals surface area contributed by atoms with Crippen LogP contribution in [0.2, 0.25) is 0 Å². The summed E-state index contributed by atoms with van der Waals surface area (Å²) in [6.45, 7) is 3.01. The van der Waals surface area contributed by atoms with Crippen LogP contribution < -0.4 is 5.32 Å². The molecule has 0 spiro atoms. The van der Waals surface area contributed by atoms with Crippen molar-refractivity contribution in [3.05, 3.63) is 12.7 Å². The third kappa shape index (κ3) is 3.63. The van der Waals surface area contributed by atoms with Gasteiger partial charge in [0, 0.05) is 12.8 Å². The normalized spacial score (nSPS) is 32.6. The van der Waals surface area contributed by atoms with Crippen LogP contribution in [-0.2, 0) is 34.6 Å². The van der Waals surface area contributed by atoms with E-state index < -0.39 is 41.5 Å². The van der Waals surface area contributed by atoms with Crippen molar-refractivity contribution in [2.45, 2.75) is 37.3 Å². The van der Waals surface area contributed by atoms with Crippen molar-refractivity contribution >= 4 is 23.2 Å². The van der Waals surface area contributed by atoms with E-state index in [9.17, 15) is 18.4 Å². The van der Waals surface area contributed by atoms with E-state index in [1.165, 1.54) is 0 Å². The van der Waals surface area contributed by atoms with Gasteiger partial charge in [0.25, 0.3) is 0 Å². The summed E-state index contributed by atoms with van der Waals surface area (Å²) in [4.78, 5) is 22.4. The number of carbonyl (C=O) groups is 2. The number of hydrogen-bond donors (Lipinski definition) is 1. The van der Waals surface area contributed by atoms with Crippen LogP contribution in [0.1, 0.15) is 12.8 Å². The highest BCUT2D eigenvalue weighted by atomic mass is 32.2. The number of fused-ring (bicyclic) bond motifs is 2. The van der Waals surface area contributed by atoms with Gasteiger partial charge in [-0.1, -0.05) is 6.58 Å². The molecule has 5 atom stereocenters. The molecule has 2 aliphatic rings. The third-order valence-corrected chi connectivity index (χ3v) is 3.59. The SMILES string of the molecule is C=CC(=O)NCC(=O)OC1CC2OC1CC2OS(=O)[O-]. The van der Waals surface area contributed by atoms with Crippen molar-refractivity contribution in [1.82, 2.24) is 5.32 Å². The number of carbonyl (C=O) groups excluding carboxylic acids is 2. The van der Waals surface area contributed by atoms with Gasteiger partial charge in [-0.2, -0.15) is 0 Å². The smallest absolute Gasteiger partial charge is 0.325 e. The topological polar surface area (TPSA) is 114 Å². The lowest BCUT2D eigenvalue weighted by Crippen LogP contribution is -2.38. The lowest BCUT2D eigenvalue weighted by molar-refractivity contribution is -0.151. The van der Waals surface area contributed by atoms with Crippen molar-refractivity contribution in [3.8, 4) is 0 Å². The Hall–Kier alpha value is -1.29. The predicted molar refractivity (Wildman–Crippen MR) is 64.8 cm³/mol. The van der Waals surface area contributed by atoms with Crippen LogP contribution in [-0.4, -0.2) is 51.6 Å². The number of rotatable bonds is 6. The zero-order valence-corrected chi connectivity index (χ0v) is 11.3. The van der Waals surface area contributed by atoms with Crippen LogP contribution in [0.25, 0.3) is 0 Å². The Morgan fingerprint density at radius 3 is 2.60 bits per heavy atom. The highest BCUT2D eigenvalue weighted by molar-refractivity contribution is 7.74. The van der Waals surface area contributed by atoms with Crippen molar-refractivity contribution < 1.29 is 32.0 Å². The van der Waals surface area contributed by atoms with E-state index in [1.54, 1.807) is 0 Å². The summed E-state index contributed by atoms with van der Waals surface area (Å²) in [6.07, 6.45) is 0.0789. The van der Waals surface area contributed by atoms with E-state index in [2.05, 4.69) is 16.1 Å². The Morgan fingerprint density at radius 1 is 1.40 bits per heavy atom. The zero-order chi connectivity index (χ0) is 14.7. The highest BCUT2D eigenvalue weighted by Gasteiger charge is 2.50. The maximum absolute atomic E-state index is 11.5. The second kappa shape index (κ2) is 6.44. The summed E-state index contributed by atoms with van der Waals surface area (Å²) in [5.74, 6) is -1.04. The van der Waals surface area contributed by atoms with E-state index >= 15 is 0 Å². The molecule has 1 amide bonds. The number of esters is 1. The summed E-state index contributed by atoms with van der Waals surface area (Å²) in [6, 6.07) is 0. The Bertz CT molecular complexity index is 440. The number of hydrogen-bond acceptors (Lipinski definition) is 7. The molecule has 9 heteroatoms. The summed E-state index contributed by atoms with van der Waals surface area (Å²) < 4.78 is 36.2. The van der Waals surface area contributed by atoms with E-state index in [4.69, 9.17) is 9.47 Å². The first kappa shape index (κ1) is 15.1. The van der Waals surface area contributed by atoms with Crippen molar-refractivity contribution in [3.63, 3.8) is 0 Å². The van der Waals surface area contributed by atoms with E-state index in [1.807, 2.05) is 0 Å². The van der Waals surface area contributed by atoms with Gasteiger partial charge in [0.1, 0.15) is 18.8 Å². The molecule has 20 heavy (non-hydrogen) atoms. The molecule has 1 N–H and O–H groups in total. The Kier molecular flexibility index (Phi) is 4.86. The second-order valence-electron chi connectivity index (χ2n) is 4.47. The molecule has 0 aromatic carbocycles. The third-order valence-electron chi connectivity index (χ3n) is 3.19. The summed E-state index contributed by atoms with van der Waals surface area (Å²) >= 11 is -2.58. The van der Waals surface area contributed by atoms with Gasteiger partial charge in [-0.25, -0.2) is 4.21 Å². The monoisotopic (exact) mass is 304 g/mol. The first-order chi connectivity index (χ1) is 9.49. The van der Waals surface area contributed by atoms with Gasteiger partial charge in [-0.3, -0.25) is 13.8 Å². The Morgan fingerprint density at radius 2 is 2.05 bits per heavy atom. The summed E-state index contributed by atoms with van der Waals surface area (Å²) in [5, 5.41) is 2.31. The molecular formula is C11H14NO7S-. The van der Waals surface area contributed by atoms with E-state index in [0.717, 1.165) is 6.08 Å². The van der Waals surface area contributed by atoms with Crippen LogP contribution in [0.5, 0.6) is 0 Å². The summed E-state index contributed by atoms with van der Waals surface area (Å²) in [7, 11) is 0. The molecule has 2 rings (SSSR count). The number of ether oxygens (including phenoxy) is 2. The zero-order valence-electron chi connectivity index (χ0n) is 10.5. The number of nitrogens with one attached hydrogen (secondary N) is 1. The molecule has 0 radical (unpaired) electrons. The molecule has 0 aromatic rings. The molecule has 2 aliphatic heterocycles. The second-order valence-corrected chi connectivity index (χ2v) is 5.07. The molecule has 2 saturated heterocycles. The van der Waals surface area contributed by atoms with Crippen LogP contribution in [0.15, 0.2) is 12.7 Å². The minimum Gasteiger partial charge on any atom is -0.750 e. The fourth-order valence-corrected chi connectivity index (χ4v) is 2.75. The van der Waals surface area contributed by atoms with Gasteiger partial charge in [0.15, 0.2) is 0 Å². The lowest BCUT2D eigenvalue weighted by Gasteiger charge is -2.24. The number of amides is 1. The van der Waals surface area contributed by atoms with Crippen LogP contribution in [0.3, 0.4) is 0 Å². The van der Waals surface area contributed by atoms with Crippen LogP contribution in [0, 0.1) is 0 Å². The van der Waals surface area contributed by atoms with Crippen molar-refractivity contribution in [2.75, 3.05) is 6.54 Å². The molecule has 2 heterocycles. The average Bonchev–Trinajstić information content (AvgIpc) is 2.94. The van der Waals surface area contributed by atoms with Gasteiger partial charge < -0.3 is 19.3 Å². The Balaban J connectivity index is 1.75. The predicted octanol–water partition coefficient (Wildman–Crippen LogP) is -1.06. The maximum Gasteiger partial charge on any atom is 0.325 e. The van der Waals surface area contributed by atoms with Gasteiger partial charge in [-0.05, 0) is 6.08 Å². The molecule has 0 aliphatic carbocycles. The van der Waals surface area contributed by atoms with E-state index in [0.29, 0.717) is 12.8 Å². The highest BCUT2D eigenvalue weighted by Crippen LogP contribution is 2.38. The molecule has 5 unspecified atom stereocenters. The Labute approximate surface area is 117 Å². The fraction of sp³-hybridized carbons (Fsp3) is 0.636. The summed E-state index contributed by atoms with van der Waals surface area (Å²) in [5.41, 5.74) is 0. The first-order valence-corrected chi connectivity index (χ1v) is 7.01. The molecule has 2 fully saturated rings. The maximum atomic E-state index is 11.5. The standard InChI is InChI=1S/C11H15NO7S/c1-2-10(13)12-5-11(14)18-7-3-8-9(19-20(15)16)4-6(7)17-8/h2,6-9H,1,3-5H2,(H,12,13)(H,15,16)/p-1. The molecule has 2 bridgehead atoms. The molecule has 112 valence electrons.